The Morgan fingerprint density at radius 1 is 1.35 bits per heavy atom. The van der Waals surface area contributed by atoms with Crippen LogP contribution >= 0.6 is 0 Å². The fraction of sp³-hybridized carbons (Fsp3) is 0.632. The molecule has 23 heavy (non-hydrogen) atoms. The molecule has 0 saturated carbocycles. The van der Waals surface area contributed by atoms with Gasteiger partial charge in [-0.25, -0.2) is 0 Å². The van der Waals surface area contributed by atoms with Gasteiger partial charge in [-0.2, -0.15) is 5.26 Å². The summed E-state index contributed by atoms with van der Waals surface area (Å²) >= 11 is 0. The van der Waals surface area contributed by atoms with Gasteiger partial charge in [0, 0.05) is 38.1 Å². The minimum absolute atomic E-state index is 0.208. The number of anilines is 1. The van der Waals surface area contributed by atoms with Crippen LogP contribution in [0, 0.1) is 22.7 Å². The van der Waals surface area contributed by atoms with Gasteiger partial charge in [0.2, 0.25) is 0 Å². The van der Waals surface area contributed by atoms with Crippen molar-refractivity contribution in [3.05, 3.63) is 24.3 Å². The van der Waals surface area contributed by atoms with Crippen LogP contribution in [0.3, 0.4) is 0 Å². The molecule has 0 atom stereocenters. The summed E-state index contributed by atoms with van der Waals surface area (Å²) in [6.45, 7) is 7.67. The zero-order valence-electron chi connectivity index (χ0n) is 14.3. The average molecular weight is 316 g/mol. The van der Waals surface area contributed by atoms with E-state index in [1.165, 1.54) is 0 Å². The smallest absolute Gasteiger partial charge is 0.117 e. The maximum atomic E-state index is 9.72. The number of nitrogens with zero attached hydrogens (tertiary/aromatic N) is 2. The number of phenolic OH excluding ortho intramolecular Hbond substituents is 1. The Balaban J connectivity index is 1.97. The molecule has 126 valence electrons. The fourth-order valence-electron chi connectivity index (χ4n) is 3.24. The van der Waals surface area contributed by atoms with Crippen molar-refractivity contribution in [1.82, 2.24) is 0 Å². The highest BCUT2D eigenvalue weighted by Crippen LogP contribution is 2.35. The molecule has 2 rings (SSSR count). The highest BCUT2D eigenvalue weighted by atomic mass is 16.5. The van der Waals surface area contributed by atoms with Crippen LogP contribution in [0.15, 0.2) is 24.3 Å². The van der Waals surface area contributed by atoms with Gasteiger partial charge in [0.25, 0.3) is 0 Å². The van der Waals surface area contributed by atoms with Gasteiger partial charge in [0.15, 0.2) is 0 Å². The average Bonchev–Trinajstić information content (AvgIpc) is 2.54. The van der Waals surface area contributed by atoms with Crippen molar-refractivity contribution >= 4 is 5.69 Å². The fourth-order valence-corrected chi connectivity index (χ4v) is 3.24. The second-order valence-corrected chi connectivity index (χ2v) is 6.97. The zero-order chi connectivity index (χ0) is 16.7. The molecule has 1 heterocycles. The number of ether oxygens (including phenoxy) is 1. The third kappa shape index (κ3) is 5.14. The molecular weight excluding hydrogens is 288 g/mol. The molecule has 0 aromatic heterocycles. The lowest BCUT2D eigenvalue weighted by Gasteiger charge is -2.32. The number of nitriles is 1. The molecule has 1 saturated heterocycles. The molecule has 0 aliphatic carbocycles. The first-order chi connectivity index (χ1) is 11.0. The molecule has 1 fully saturated rings. The molecule has 1 N–H and O–H groups in total. The molecular formula is C19H28N2O2. The van der Waals surface area contributed by atoms with Crippen molar-refractivity contribution in [3.8, 4) is 11.8 Å². The van der Waals surface area contributed by atoms with Crippen molar-refractivity contribution in [2.24, 2.45) is 11.3 Å². The van der Waals surface area contributed by atoms with E-state index in [0.717, 1.165) is 44.5 Å². The van der Waals surface area contributed by atoms with E-state index in [9.17, 15) is 10.4 Å². The number of benzene rings is 1. The van der Waals surface area contributed by atoms with E-state index in [1.807, 2.05) is 18.2 Å². The summed E-state index contributed by atoms with van der Waals surface area (Å²) in [7, 11) is 0. The zero-order valence-corrected chi connectivity index (χ0v) is 14.3. The molecule has 0 unspecified atom stereocenters. The van der Waals surface area contributed by atoms with Gasteiger partial charge in [-0.15, -0.1) is 0 Å². The minimum Gasteiger partial charge on any atom is -0.508 e. The van der Waals surface area contributed by atoms with Crippen LogP contribution < -0.4 is 4.90 Å². The van der Waals surface area contributed by atoms with E-state index < -0.39 is 0 Å². The van der Waals surface area contributed by atoms with Crippen molar-refractivity contribution in [2.45, 2.75) is 39.5 Å². The monoisotopic (exact) mass is 316 g/mol. The Labute approximate surface area is 139 Å². The van der Waals surface area contributed by atoms with E-state index in [1.54, 1.807) is 6.07 Å². The standard InChI is InChI=1S/C19H28N2O2/c1-16(2)14-21(17-5-3-6-18(22)13-17)10-4-7-19(15-20)8-11-23-12-9-19/h3,5-6,13,16,22H,4,7-12,14H2,1-2H3. The summed E-state index contributed by atoms with van der Waals surface area (Å²) in [5, 5.41) is 19.3. The van der Waals surface area contributed by atoms with E-state index in [0.29, 0.717) is 24.9 Å². The van der Waals surface area contributed by atoms with Gasteiger partial charge < -0.3 is 14.7 Å². The summed E-state index contributed by atoms with van der Waals surface area (Å²) in [6, 6.07) is 9.98. The third-order valence-electron chi connectivity index (χ3n) is 4.55. The van der Waals surface area contributed by atoms with Crippen molar-refractivity contribution < 1.29 is 9.84 Å². The molecule has 1 aliphatic rings. The minimum atomic E-state index is -0.208. The Morgan fingerprint density at radius 3 is 2.70 bits per heavy atom. The van der Waals surface area contributed by atoms with Crippen LogP contribution in [0.25, 0.3) is 0 Å². The van der Waals surface area contributed by atoms with E-state index in [-0.39, 0.29) is 5.41 Å². The molecule has 4 nitrogen and oxygen atoms in total. The quantitative estimate of drug-likeness (QED) is 0.827. The molecule has 0 spiro atoms. The molecule has 0 amide bonds. The van der Waals surface area contributed by atoms with E-state index in [4.69, 9.17) is 4.74 Å². The summed E-state index contributed by atoms with van der Waals surface area (Å²) in [4.78, 5) is 2.31. The number of hydrogen-bond donors (Lipinski definition) is 1. The van der Waals surface area contributed by atoms with Crippen molar-refractivity contribution in [1.29, 1.82) is 5.26 Å². The molecule has 4 heteroatoms. The Kier molecular flexibility index (Phi) is 6.29. The number of hydrogen-bond acceptors (Lipinski definition) is 4. The van der Waals surface area contributed by atoms with Crippen LogP contribution in [0.4, 0.5) is 5.69 Å². The Hall–Kier alpha value is -1.73. The molecule has 0 bridgehead atoms. The lowest BCUT2D eigenvalue weighted by Crippen LogP contribution is -2.32. The number of phenols is 1. The summed E-state index contributed by atoms with van der Waals surface area (Å²) in [5.41, 5.74) is 0.845. The van der Waals surface area contributed by atoms with Gasteiger partial charge >= 0.3 is 0 Å². The highest BCUT2D eigenvalue weighted by Gasteiger charge is 2.32. The predicted octanol–water partition coefficient (Wildman–Crippen LogP) is 3.96. The van der Waals surface area contributed by atoms with Gasteiger partial charge in [-0.05, 0) is 43.7 Å². The Bertz CT molecular complexity index is 530. The molecule has 1 aliphatic heterocycles. The van der Waals surface area contributed by atoms with Gasteiger partial charge in [0.1, 0.15) is 5.75 Å². The first kappa shape index (κ1) is 17.6. The Morgan fingerprint density at radius 2 is 2.09 bits per heavy atom. The SMILES string of the molecule is CC(C)CN(CCCC1(C#N)CCOCC1)c1cccc(O)c1. The van der Waals surface area contributed by atoms with Crippen molar-refractivity contribution in [2.75, 3.05) is 31.2 Å². The lowest BCUT2D eigenvalue weighted by atomic mass is 9.78. The highest BCUT2D eigenvalue weighted by molar-refractivity contribution is 5.50. The van der Waals surface area contributed by atoms with Crippen LogP contribution in [0.5, 0.6) is 5.75 Å². The normalized spacial score (nSPS) is 17.0. The first-order valence-corrected chi connectivity index (χ1v) is 8.58. The topological polar surface area (TPSA) is 56.5 Å². The van der Waals surface area contributed by atoms with Gasteiger partial charge in [-0.1, -0.05) is 19.9 Å². The summed E-state index contributed by atoms with van der Waals surface area (Å²) in [5.74, 6) is 0.847. The van der Waals surface area contributed by atoms with Gasteiger partial charge in [-0.3, -0.25) is 0 Å². The number of aromatic hydroxyl groups is 1. The van der Waals surface area contributed by atoms with Crippen molar-refractivity contribution in [3.63, 3.8) is 0 Å². The molecule has 0 radical (unpaired) electrons. The van der Waals surface area contributed by atoms with E-state index in [2.05, 4.69) is 24.8 Å². The van der Waals surface area contributed by atoms with Gasteiger partial charge in [0.05, 0.1) is 11.5 Å². The largest absolute Gasteiger partial charge is 0.508 e. The second kappa shape index (κ2) is 8.21. The molecule has 1 aromatic carbocycles. The van der Waals surface area contributed by atoms with Crippen LogP contribution in [0.2, 0.25) is 0 Å². The van der Waals surface area contributed by atoms with E-state index >= 15 is 0 Å². The maximum Gasteiger partial charge on any atom is 0.117 e. The lowest BCUT2D eigenvalue weighted by molar-refractivity contribution is 0.0363. The third-order valence-corrected chi connectivity index (χ3v) is 4.55. The second-order valence-electron chi connectivity index (χ2n) is 6.97. The predicted molar refractivity (Wildman–Crippen MR) is 92.5 cm³/mol. The molecule has 1 aromatic rings. The maximum absolute atomic E-state index is 9.72. The number of rotatable bonds is 7. The first-order valence-electron chi connectivity index (χ1n) is 8.58. The van der Waals surface area contributed by atoms with Crippen LogP contribution in [0.1, 0.15) is 39.5 Å². The summed E-state index contributed by atoms with van der Waals surface area (Å²) < 4.78 is 5.40. The summed E-state index contributed by atoms with van der Waals surface area (Å²) in [6.07, 6.45) is 3.59. The van der Waals surface area contributed by atoms with Crippen LogP contribution in [-0.2, 0) is 4.74 Å². The van der Waals surface area contributed by atoms with Crippen LogP contribution in [-0.4, -0.2) is 31.4 Å².